The van der Waals surface area contributed by atoms with Crippen molar-refractivity contribution in [1.29, 1.82) is 0 Å². The number of aliphatic hydroxyl groups is 2. The van der Waals surface area contributed by atoms with Crippen LogP contribution in [0.15, 0.2) is 30.6 Å². The van der Waals surface area contributed by atoms with Gasteiger partial charge in [0.15, 0.2) is 0 Å². The van der Waals surface area contributed by atoms with Gasteiger partial charge < -0.3 is 29.9 Å². The monoisotopic (exact) mass is 560 g/mol. The summed E-state index contributed by atoms with van der Waals surface area (Å²) in [6.45, 7) is 3.90. The van der Waals surface area contributed by atoms with Crippen molar-refractivity contribution in [2.45, 2.75) is 82.8 Å². The number of rotatable bonds is 9. The van der Waals surface area contributed by atoms with Gasteiger partial charge in [0.2, 0.25) is 5.95 Å². The van der Waals surface area contributed by atoms with E-state index in [2.05, 4.69) is 31.0 Å². The number of aliphatic hydroxyl groups excluding tert-OH is 1. The smallest absolute Gasteiger partial charge is 0.345 e. The van der Waals surface area contributed by atoms with Crippen LogP contribution in [-0.2, 0) is 9.47 Å². The van der Waals surface area contributed by atoms with Crippen molar-refractivity contribution in [1.82, 2.24) is 19.6 Å². The summed E-state index contributed by atoms with van der Waals surface area (Å²) in [6.07, 6.45) is 6.04. The third-order valence-corrected chi connectivity index (χ3v) is 7.74. The lowest BCUT2D eigenvalue weighted by molar-refractivity contribution is -0.130. The van der Waals surface area contributed by atoms with Gasteiger partial charge in [-0.3, -0.25) is 0 Å². The van der Waals surface area contributed by atoms with E-state index in [-0.39, 0.29) is 24.7 Å². The second kappa shape index (κ2) is 11.9. The van der Waals surface area contributed by atoms with Gasteiger partial charge in [-0.1, -0.05) is 0 Å². The van der Waals surface area contributed by atoms with Gasteiger partial charge in [-0.15, -0.1) is 5.10 Å². The molecule has 2 fully saturated rings. The number of hydrogen-bond acceptors (Lipinski definition) is 9. The first-order chi connectivity index (χ1) is 19.1. The molecule has 1 aliphatic heterocycles. The second-order valence-electron chi connectivity index (χ2n) is 11.4. The third-order valence-electron chi connectivity index (χ3n) is 7.74. The van der Waals surface area contributed by atoms with Gasteiger partial charge >= 0.3 is 6.61 Å². The predicted molar refractivity (Wildman–Crippen MR) is 147 cm³/mol. The average molecular weight is 561 g/mol. The lowest BCUT2D eigenvalue weighted by atomic mass is 9.85. The number of anilines is 2. The van der Waals surface area contributed by atoms with Gasteiger partial charge in [0, 0.05) is 42.5 Å². The van der Waals surface area contributed by atoms with E-state index in [9.17, 15) is 19.0 Å². The summed E-state index contributed by atoms with van der Waals surface area (Å²) in [5.74, 6) is 1.32. The molecule has 218 valence electrons. The highest BCUT2D eigenvalue weighted by atomic mass is 19.3. The number of pyridine rings is 1. The number of alkyl halides is 2. The zero-order chi connectivity index (χ0) is 28.4. The van der Waals surface area contributed by atoms with Crippen molar-refractivity contribution in [2.75, 3.05) is 36.5 Å². The van der Waals surface area contributed by atoms with Crippen LogP contribution >= 0.6 is 0 Å². The minimum Gasteiger partial charge on any atom is -0.393 e. The number of nitrogens with one attached hydrogen (secondary N) is 1. The molecule has 2 atom stereocenters. The van der Waals surface area contributed by atoms with Crippen molar-refractivity contribution in [3.63, 3.8) is 0 Å². The van der Waals surface area contributed by atoms with E-state index in [1.54, 1.807) is 33.2 Å². The van der Waals surface area contributed by atoms with Crippen molar-refractivity contribution >= 4 is 17.3 Å². The molecule has 0 spiro atoms. The first-order valence-electron chi connectivity index (χ1n) is 13.9. The van der Waals surface area contributed by atoms with Crippen molar-refractivity contribution in [2.24, 2.45) is 0 Å². The molecule has 10 nitrogen and oxygen atoms in total. The molecule has 12 heteroatoms. The van der Waals surface area contributed by atoms with Crippen LogP contribution in [-0.4, -0.2) is 86.6 Å². The second-order valence-corrected chi connectivity index (χ2v) is 11.4. The summed E-state index contributed by atoms with van der Waals surface area (Å²) >= 11 is 0. The Balaban J connectivity index is 1.48. The maximum absolute atomic E-state index is 12.5. The topological polar surface area (TPSA) is 117 Å². The van der Waals surface area contributed by atoms with E-state index < -0.39 is 18.3 Å². The van der Waals surface area contributed by atoms with Crippen LogP contribution in [0.5, 0.6) is 0 Å². The molecule has 3 aromatic heterocycles. The van der Waals surface area contributed by atoms with Crippen LogP contribution < -0.4 is 10.2 Å². The Kier molecular flexibility index (Phi) is 8.50. The molecule has 0 bridgehead atoms. The van der Waals surface area contributed by atoms with Crippen molar-refractivity contribution in [3.8, 4) is 11.1 Å². The molecular formula is C28H38F2N6O4. The minimum absolute atomic E-state index is 0.182. The molecule has 0 unspecified atom stereocenters. The fraction of sp³-hybridized carbons (Fsp3) is 0.607. The Morgan fingerprint density at radius 1 is 1.20 bits per heavy atom. The Hall–Kier alpha value is -2.93. The zero-order valence-electron chi connectivity index (χ0n) is 23.1. The van der Waals surface area contributed by atoms with Gasteiger partial charge in [0.05, 0.1) is 36.6 Å². The molecule has 1 aliphatic carbocycles. The van der Waals surface area contributed by atoms with E-state index in [0.29, 0.717) is 25.6 Å². The Labute approximate surface area is 232 Å². The molecule has 0 amide bonds. The first kappa shape index (κ1) is 28.6. The maximum atomic E-state index is 12.5. The van der Waals surface area contributed by atoms with Crippen LogP contribution in [0, 0.1) is 0 Å². The number of halogens is 2. The van der Waals surface area contributed by atoms with Crippen LogP contribution in [0.1, 0.15) is 58.1 Å². The van der Waals surface area contributed by atoms with E-state index in [1.807, 2.05) is 16.6 Å². The van der Waals surface area contributed by atoms with E-state index in [1.165, 1.54) is 0 Å². The van der Waals surface area contributed by atoms with Gasteiger partial charge in [-0.25, -0.2) is 14.5 Å². The number of fused-ring (bicyclic) bond motifs is 1. The highest BCUT2D eigenvalue weighted by Gasteiger charge is 2.33. The molecule has 0 radical (unpaired) electrons. The fourth-order valence-corrected chi connectivity index (χ4v) is 5.50. The van der Waals surface area contributed by atoms with Crippen LogP contribution in [0.25, 0.3) is 16.6 Å². The van der Waals surface area contributed by atoms with E-state index in [4.69, 9.17) is 9.84 Å². The molecule has 0 aromatic carbocycles. The molecule has 3 N–H and O–H groups in total. The highest BCUT2D eigenvalue weighted by molar-refractivity contribution is 5.82. The number of hydrogen-bond donors (Lipinski definition) is 3. The molecule has 3 aromatic rings. The molecule has 5 rings (SSSR count). The normalized spacial score (nSPS) is 23.1. The standard InChI is InChI=1S/C28H38F2N6O4/c1-17(16-40-26(29)30)33-27-32-14-23-21(13-22(36(23)34-27)18-4-6-20(37)7-5-18)19-8-9-31-25(12-19)35-10-11-39-24(15-35)28(2,3)38/h8-9,12-14,17-18,20,24,26,37-38H,4-7,10-11,15-16H2,1-3H3,(H,33,34)/t17-,18-,20-,24+/m0/s1. The van der Waals surface area contributed by atoms with Crippen molar-refractivity contribution < 1.29 is 28.5 Å². The first-order valence-corrected chi connectivity index (χ1v) is 13.9. The third kappa shape index (κ3) is 6.51. The summed E-state index contributed by atoms with van der Waals surface area (Å²) in [5, 5.41) is 28.4. The summed E-state index contributed by atoms with van der Waals surface area (Å²) in [7, 11) is 0. The number of nitrogens with zero attached hydrogens (tertiary/aromatic N) is 5. The Morgan fingerprint density at radius 3 is 2.70 bits per heavy atom. The molecule has 2 aliphatic rings. The summed E-state index contributed by atoms with van der Waals surface area (Å²) in [5.41, 5.74) is 2.78. The Morgan fingerprint density at radius 2 is 1.98 bits per heavy atom. The van der Waals surface area contributed by atoms with E-state index >= 15 is 0 Å². The molecule has 40 heavy (non-hydrogen) atoms. The lowest BCUT2D eigenvalue weighted by Gasteiger charge is -2.39. The Bertz CT molecular complexity index is 1290. The quantitative estimate of drug-likeness (QED) is 0.359. The van der Waals surface area contributed by atoms with Crippen LogP contribution in [0.2, 0.25) is 0 Å². The zero-order valence-corrected chi connectivity index (χ0v) is 23.1. The summed E-state index contributed by atoms with van der Waals surface area (Å²) in [4.78, 5) is 11.2. The molecule has 4 heterocycles. The SMILES string of the molecule is C[C@@H](COC(F)F)Nc1ncc2c(-c3ccnc(N4CCO[C@@H](C(C)(C)O)C4)c3)cc([C@H]3CC[C@H](O)CC3)n2n1. The van der Waals surface area contributed by atoms with Crippen molar-refractivity contribution in [3.05, 3.63) is 36.3 Å². The molecular weight excluding hydrogens is 522 g/mol. The number of ether oxygens (including phenoxy) is 2. The average Bonchev–Trinajstić information content (AvgIpc) is 3.31. The lowest BCUT2D eigenvalue weighted by Crippen LogP contribution is -2.52. The summed E-state index contributed by atoms with van der Waals surface area (Å²) < 4.78 is 37.1. The fourth-order valence-electron chi connectivity index (χ4n) is 5.50. The largest absolute Gasteiger partial charge is 0.393 e. The predicted octanol–water partition coefficient (Wildman–Crippen LogP) is 3.83. The van der Waals surface area contributed by atoms with Gasteiger partial charge in [0.1, 0.15) is 11.9 Å². The molecule has 1 saturated heterocycles. The van der Waals surface area contributed by atoms with Crippen LogP contribution in [0.3, 0.4) is 0 Å². The van der Waals surface area contributed by atoms with E-state index in [0.717, 1.165) is 53.8 Å². The number of morpholine rings is 1. The van der Waals surface area contributed by atoms with Gasteiger partial charge in [0.25, 0.3) is 0 Å². The maximum Gasteiger partial charge on any atom is 0.345 e. The number of aromatic nitrogens is 4. The van der Waals surface area contributed by atoms with Crippen LogP contribution in [0.4, 0.5) is 20.5 Å². The highest BCUT2D eigenvalue weighted by Crippen LogP contribution is 2.38. The van der Waals surface area contributed by atoms with Gasteiger partial charge in [-0.05, 0) is 70.2 Å². The summed E-state index contributed by atoms with van der Waals surface area (Å²) in [6, 6.07) is 5.71. The minimum atomic E-state index is -2.84. The van der Waals surface area contributed by atoms with Gasteiger partial charge in [-0.2, -0.15) is 8.78 Å². The molecule has 1 saturated carbocycles.